The molecule has 1 aromatic carbocycles. The van der Waals surface area contributed by atoms with Crippen LogP contribution in [0.3, 0.4) is 0 Å². The summed E-state index contributed by atoms with van der Waals surface area (Å²) in [6.07, 6.45) is 1.20. The van der Waals surface area contributed by atoms with Crippen LogP contribution in [0.5, 0.6) is 5.75 Å². The van der Waals surface area contributed by atoms with Gasteiger partial charge < -0.3 is 19.8 Å². The highest BCUT2D eigenvalue weighted by Crippen LogP contribution is 2.21. The number of rotatable bonds is 5. The number of ether oxygens (including phenoxy) is 2. The summed E-state index contributed by atoms with van der Waals surface area (Å²) in [6, 6.07) is 6.60. The minimum Gasteiger partial charge on any atom is -0.488 e. The van der Waals surface area contributed by atoms with Crippen LogP contribution in [0.25, 0.3) is 5.69 Å². The molecule has 0 bridgehead atoms. The molecule has 3 rings (SSSR count). The van der Waals surface area contributed by atoms with E-state index in [0.717, 1.165) is 17.0 Å². The lowest BCUT2D eigenvalue weighted by molar-refractivity contribution is 0.0515. The zero-order valence-electron chi connectivity index (χ0n) is 17.2. The lowest BCUT2D eigenvalue weighted by atomic mass is 10.1. The van der Waals surface area contributed by atoms with Crippen LogP contribution in [0.2, 0.25) is 0 Å². The van der Waals surface area contributed by atoms with E-state index in [1.807, 2.05) is 0 Å². The van der Waals surface area contributed by atoms with Crippen LogP contribution >= 0.6 is 0 Å². The third kappa shape index (κ3) is 5.06. The molecule has 9 nitrogen and oxygen atoms in total. The van der Waals surface area contributed by atoms with Crippen molar-refractivity contribution in [3.8, 4) is 17.5 Å². The maximum Gasteiger partial charge on any atom is 0.410 e. The van der Waals surface area contributed by atoms with E-state index in [1.54, 1.807) is 24.8 Å². The van der Waals surface area contributed by atoms with E-state index >= 15 is 0 Å². The van der Waals surface area contributed by atoms with E-state index in [9.17, 15) is 14.0 Å². The van der Waals surface area contributed by atoms with Gasteiger partial charge in [-0.3, -0.25) is 4.79 Å². The summed E-state index contributed by atoms with van der Waals surface area (Å²) < 4.78 is 26.0. The topological polar surface area (TPSA) is 121 Å². The van der Waals surface area contributed by atoms with Gasteiger partial charge in [0.2, 0.25) is 0 Å². The number of benzene rings is 1. The van der Waals surface area contributed by atoms with Crippen molar-refractivity contribution in [1.29, 1.82) is 10.7 Å². The predicted octanol–water partition coefficient (Wildman–Crippen LogP) is 2.63. The molecule has 0 aliphatic carbocycles. The van der Waals surface area contributed by atoms with Crippen LogP contribution in [0.4, 0.5) is 9.18 Å². The number of aromatic nitrogens is 2. The third-order valence-corrected chi connectivity index (χ3v) is 4.71. The highest BCUT2D eigenvalue weighted by atomic mass is 19.1. The smallest absolute Gasteiger partial charge is 0.410 e. The number of nitrogens with one attached hydrogen (secondary N) is 1. The molecule has 1 N–H and O–H groups in total. The fraction of sp³-hybridized carbons (Fsp3) is 0.381. The van der Waals surface area contributed by atoms with Crippen molar-refractivity contribution in [1.82, 2.24) is 14.7 Å². The molecule has 2 heterocycles. The summed E-state index contributed by atoms with van der Waals surface area (Å²) in [5.74, 6) is -0.623. The molecule has 1 fully saturated rings. The molecule has 0 atom stereocenters. The van der Waals surface area contributed by atoms with E-state index in [0.29, 0.717) is 25.9 Å². The van der Waals surface area contributed by atoms with Crippen molar-refractivity contribution in [2.24, 2.45) is 0 Å². The standard InChI is InChI=1S/C21H22FN5O4/c1-13(2)30-21(29)26-7-5-16(6-8-26)31-19-10-20(28)27(25-18(19)12-24)15-4-3-14(11-23)17(22)9-15/h3-4,9-10,12-13,16,24H,5-8H2,1-2H3. The number of halogens is 1. The van der Waals surface area contributed by atoms with Gasteiger partial charge in [0.1, 0.15) is 23.7 Å². The van der Waals surface area contributed by atoms with Gasteiger partial charge in [-0.15, -0.1) is 0 Å². The fourth-order valence-corrected chi connectivity index (χ4v) is 3.17. The summed E-state index contributed by atoms with van der Waals surface area (Å²) >= 11 is 0. The zero-order chi connectivity index (χ0) is 22.5. The van der Waals surface area contributed by atoms with E-state index in [2.05, 4.69) is 5.10 Å². The average molecular weight is 427 g/mol. The number of likely N-dealkylation sites (tertiary alicyclic amines) is 1. The van der Waals surface area contributed by atoms with E-state index in [1.165, 1.54) is 18.2 Å². The number of hydrogen-bond acceptors (Lipinski definition) is 7. The van der Waals surface area contributed by atoms with Crippen LogP contribution < -0.4 is 10.3 Å². The summed E-state index contributed by atoms with van der Waals surface area (Å²) in [4.78, 5) is 26.1. The SMILES string of the molecule is CC(C)OC(=O)N1CCC(Oc2cc(=O)n(-c3ccc(C#N)c(F)c3)nc2C=N)CC1. The predicted molar refractivity (Wildman–Crippen MR) is 109 cm³/mol. The molecule has 1 aliphatic heterocycles. The molecule has 2 aromatic rings. The minimum atomic E-state index is -0.770. The molecule has 162 valence electrons. The normalized spacial score (nSPS) is 14.2. The Labute approximate surface area is 178 Å². The van der Waals surface area contributed by atoms with E-state index < -0.39 is 11.4 Å². The second kappa shape index (κ2) is 9.38. The van der Waals surface area contributed by atoms with Gasteiger partial charge in [-0.1, -0.05) is 0 Å². The van der Waals surface area contributed by atoms with Crippen LogP contribution in [0, 0.1) is 22.6 Å². The molecular formula is C21H22FN5O4. The Morgan fingerprint density at radius 2 is 2.06 bits per heavy atom. The van der Waals surface area contributed by atoms with Crippen molar-refractivity contribution < 1.29 is 18.7 Å². The minimum absolute atomic E-state index is 0.103. The number of carbonyl (C=O) groups is 1. The molecule has 1 amide bonds. The fourth-order valence-electron chi connectivity index (χ4n) is 3.17. The highest BCUT2D eigenvalue weighted by molar-refractivity contribution is 5.78. The Bertz CT molecular complexity index is 1080. The Balaban J connectivity index is 1.75. The van der Waals surface area contributed by atoms with E-state index in [4.69, 9.17) is 20.1 Å². The molecule has 0 spiro atoms. The Kier molecular flexibility index (Phi) is 6.65. The molecule has 31 heavy (non-hydrogen) atoms. The summed E-state index contributed by atoms with van der Waals surface area (Å²) in [7, 11) is 0. The van der Waals surface area contributed by atoms with Gasteiger partial charge in [-0.2, -0.15) is 15.0 Å². The van der Waals surface area contributed by atoms with Gasteiger partial charge in [0, 0.05) is 44.3 Å². The van der Waals surface area contributed by atoms with Gasteiger partial charge in [-0.25, -0.2) is 9.18 Å². The van der Waals surface area contributed by atoms with Crippen molar-refractivity contribution in [3.05, 3.63) is 51.7 Å². The number of hydrogen-bond donors (Lipinski definition) is 1. The van der Waals surface area contributed by atoms with Crippen molar-refractivity contribution in [3.63, 3.8) is 0 Å². The molecule has 0 radical (unpaired) electrons. The number of amides is 1. The number of piperidine rings is 1. The third-order valence-electron chi connectivity index (χ3n) is 4.71. The maximum atomic E-state index is 13.9. The quantitative estimate of drug-likeness (QED) is 0.732. The van der Waals surface area contributed by atoms with Crippen molar-refractivity contribution in [2.75, 3.05) is 13.1 Å². The van der Waals surface area contributed by atoms with Crippen LogP contribution in [0.15, 0.2) is 29.1 Å². The van der Waals surface area contributed by atoms with Crippen LogP contribution in [0.1, 0.15) is 37.9 Å². The molecule has 0 saturated carbocycles. The summed E-state index contributed by atoms with van der Waals surface area (Å²) in [5.41, 5.74) is -0.477. The average Bonchev–Trinajstić information content (AvgIpc) is 2.74. The maximum absolute atomic E-state index is 13.9. The first-order valence-corrected chi connectivity index (χ1v) is 9.79. The molecule has 1 aliphatic rings. The first kappa shape index (κ1) is 22.0. The van der Waals surface area contributed by atoms with Gasteiger partial charge in [-0.05, 0) is 26.0 Å². The van der Waals surface area contributed by atoms with E-state index in [-0.39, 0.29) is 41.0 Å². The van der Waals surface area contributed by atoms with Crippen molar-refractivity contribution in [2.45, 2.75) is 38.9 Å². The lowest BCUT2D eigenvalue weighted by Gasteiger charge is -2.32. The second-order valence-corrected chi connectivity index (χ2v) is 7.30. The van der Waals surface area contributed by atoms with Gasteiger partial charge in [0.25, 0.3) is 5.56 Å². The second-order valence-electron chi connectivity index (χ2n) is 7.30. The number of nitriles is 1. The molecule has 1 saturated heterocycles. The first-order valence-electron chi connectivity index (χ1n) is 9.79. The lowest BCUT2D eigenvalue weighted by Crippen LogP contribution is -2.42. The largest absolute Gasteiger partial charge is 0.488 e. The Morgan fingerprint density at radius 1 is 1.35 bits per heavy atom. The molecular weight excluding hydrogens is 405 g/mol. The Hall–Kier alpha value is -3.74. The molecule has 0 unspecified atom stereocenters. The Morgan fingerprint density at radius 3 is 2.65 bits per heavy atom. The van der Waals surface area contributed by atoms with Gasteiger partial charge >= 0.3 is 6.09 Å². The molecule has 10 heteroatoms. The van der Waals surface area contributed by atoms with Gasteiger partial charge in [0.05, 0.1) is 17.4 Å². The number of nitrogens with zero attached hydrogens (tertiary/aromatic N) is 4. The number of carbonyl (C=O) groups excluding carboxylic acids is 1. The highest BCUT2D eigenvalue weighted by Gasteiger charge is 2.26. The first-order chi connectivity index (χ1) is 14.8. The van der Waals surface area contributed by atoms with Crippen molar-refractivity contribution >= 4 is 12.3 Å². The van der Waals surface area contributed by atoms with Gasteiger partial charge in [0.15, 0.2) is 5.75 Å². The van der Waals surface area contributed by atoms with Crippen LogP contribution in [-0.2, 0) is 4.74 Å². The van der Waals surface area contributed by atoms with Crippen LogP contribution in [-0.4, -0.2) is 52.3 Å². The summed E-state index contributed by atoms with van der Waals surface area (Å²) in [5, 5.41) is 20.6. The molecule has 1 aromatic heterocycles. The monoisotopic (exact) mass is 427 g/mol. The zero-order valence-corrected chi connectivity index (χ0v) is 17.2. The summed E-state index contributed by atoms with van der Waals surface area (Å²) in [6.45, 7) is 4.47.